The molecule has 2 atom stereocenters. The van der Waals surface area contributed by atoms with Crippen molar-refractivity contribution >= 4 is 40.8 Å². The van der Waals surface area contributed by atoms with Gasteiger partial charge in [0.05, 0.1) is 34.5 Å². The minimum absolute atomic E-state index is 0.00410. The van der Waals surface area contributed by atoms with Crippen LogP contribution in [0.25, 0.3) is 11.1 Å². The number of pyridine rings is 1. The second kappa shape index (κ2) is 13.8. The third kappa shape index (κ3) is 6.47. The molecule has 3 aromatic carbocycles. The van der Waals surface area contributed by atoms with Gasteiger partial charge in [0.25, 0.3) is 11.8 Å². The molecule has 1 aliphatic heterocycles. The number of hydrogen-bond donors (Lipinski definition) is 1. The minimum Gasteiger partial charge on any atom is -0.351 e. The van der Waals surface area contributed by atoms with E-state index in [0.717, 1.165) is 9.80 Å². The molecule has 0 bridgehead atoms. The Morgan fingerprint density at radius 1 is 0.960 bits per heavy atom. The van der Waals surface area contributed by atoms with Crippen molar-refractivity contribution in [3.63, 3.8) is 0 Å². The molecule has 2 aliphatic rings. The van der Waals surface area contributed by atoms with Gasteiger partial charge in [0.2, 0.25) is 11.8 Å². The number of anilines is 2. The zero-order chi connectivity index (χ0) is 35.6. The summed E-state index contributed by atoms with van der Waals surface area (Å²) in [7, 11) is 0. The summed E-state index contributed by atoms with van der Waals surface area (Å²) in [5, 5.41) is 32.4. The third-order valence-corrected chi connectivity index (χ3v) is 9.06. The molecule has 1 aliphatic carbocycles. The molecular formula is C37H26ClF2N7O3. The van der Waals surface area contributed by atoms with E-state index in [0.29, 0.717) is 16.7 Å². The number of carbonyl (C=O) groups is 3. The number of halogens is 3. The standard InChI is InChI=1S/C37H26ClF2N7O3/c38-29-9-2-1-7-27(29)34(35(49)45-25-17-37(39,40)18-25)47(30-10-4-8-26(28(30)21-43)24-6-3-5-22(15-24)19-41)36(50)31-11-12-33(48)46(31)32-16-23(20-42)13-14-44-32/h1-10,13-16,25,31,34H,11-12,17-18H2,(H,45,49)/t31-,34-/m0/s1. The number of alkyl halides is 2. The van der Waals surface area contributed by atoms with Crippen molar-refractivity contribution in [1.82, 2.24) is 10.3 Å². The summed E-state index contributed by atoms with van der Waals surface area (Å²) in [4.78, 5) is 49.3. The van der Waals surface area contributed by atoms with Gasteiger partial charge in [0, 0.05) is 47.7 Å². The lowest BCUT2D eigenvalue weighted by molar-refractivity contribution is -0.133. The van der Waals surface area contributed by atoms with E-state index in [4.69, 9.17) is 11.6 Å². The number of amides is 3. The van der Waals surface area contributed by atoms with E-state index in [2.05, 4.69) is 22.4 Å². The summed E-state index contributed by atoms with van der Waals surface area (Å²) in [6, 6.07) is 22.7. The molecule has 1 aromatic heterocycles. The highest BCUT2D eigenvalue weighted by Gasteiger charge is 2.49. The molecular weight excluding hydrogens is 664 g/mol. The van der Waals surface area contributed by atoms with Crippen LogP contribution in [-0.4, -0.2) is 40.7 Å². The molecule has 1 saturated carbocycles. The monoisotopic (exact) mass is 689 g/mol. The van der Waals surface area contributed by atoms with E-state index in [-0.39, 0.29) is 46.1 Å². The van der Waals surface area contributed by atoms with E-state index in [1.54, 1.807) is 48.5 Å². The van der Waals surface area contributed by atoms with Crippen molar-refractivity contribution in [1.29, 1.82) is 15.8 Å². The Labute approximate surface area is 290 Å². The number of aromatic nitrogens is 1. The number of carbonyl (C=O) groups excluding carboxylic acids is 3. The zero-order valence-electron chi connectivity index (χ0n) is 26.2. The maximum atomic E-state index is 15.1. The van der Waals surface area contributed by atoms with Gasteiger partial charge in [-0.05, 0) is 48.4 Å². The number of nitriles is 3. The predicted molar refractivity (Wildman–Crippen MR) is 179 cm³/mol. The number of hydrogen-bond acceptors (Lipinski definition) is 7. The van der Waals surface area contributed by atoms with Crippen LogP contribution in [0.15, 0.2) is 85.1 Å². The highest BCUT2D eigenvalue weighted by Crippen LogP contribution is 2.41. The van der Waals surface area contributed by atoms with Crippen molar-refractivity contribution in [3.8, 4) is 29.3 Å². The maximum Gasteiger partial charge on any atom is 0.252 e. The summed E-state index contributed by atoms with van der Waals surface area (Å²) >= 11 is 6.67. The fraction of sp³-hybridized carbons (Fsp3) is 0.216. The lowest BCUT2D eigenvalue weighted by Crippen LogP contribution is -2.56. The van der Waals surface area contributed by atoms with E-state index >= 15 is 4.79 Å². The van der Waals surface area contributed by atoms with E-state index in [1.165, 1.54) is 36.5 Å². The van der Waals surface area contributed by atoms with Gasteiger partial charge in [-0.15, -0.1) is 0 Å². The van der Waals surface area contributed by atoms with Crippen molar-refractivity contribution < 1.29 is 23.2 Å². The number of benzene rings is 3. The summed E-state index contributed by atoms with van der Waals surface area (Å²) < 4.78 is 27.8. The van der Waals surface area contributed by atoms with Crippen LogP contribution in [-0.2, 0) is 14.4 Å². The second-order valence-corrected chi connectivity index (χ2v) is 12.3. The number of nitrogens with one attached hydrogen (secondary N) is 1. The van der Waals surface area contributed by atoms with Crippen LogP contribution in [0.5, 0.6) is 0 Å². The van der Waals surface area contributed by atoms with Crippen LogP contribution in [0.2, 0.25) is 5.02 Å². The van der Waals surface area contributed by atoms with Gasteiger partial charge >= 0.3 is 0 Å². The minimum atomic E-state index is -2.96. The van der Waals surface area contributed by atoms with Gasteiger partial charge in [-0.2, -0.15) is 15.8 Å². The highest BCUT2D eigenvalue weighted by molar-refractivity contribution is 6.32. The number of rotatable bonds is 8. The summed E-state index contributed by atoms with van der Waals surface area (Å²) in [6.45, 7) is 0. The molecule has 13 heteroatoms. The first-order chi connectivity index (χ1) is 24.0. The highest BCUT2D eigenvalue weighted by atomic mass is 35.5. The third-order valence-electron chi connectivity index (χ3n) is 8.72. The predicted octanol–water partition coefficient (Wildman–Crippen LogP) is 6.20. The van der Waals surface area contributed by atoms with Crippen LogP contribution in [0.1, 0.15) is 54.0 Å². The molecule has 1 N–H and O–H groups in total. The molecule has 50 heavy (non-hydrogen) atoms. The summed E-state index contributed by atoms with van der Waals surface area (Å²) in [5.74, 6) is -4.97. The van der Waals surface area contributed by atoms with Gasteiger partial charge < -0.3 is 5.32 Å². The zero-order valence-corrected chi connectivity index (χ0v) is 26.9. The molecule has 10 nitrogen and oxygen atoms in total. The Kier molecular flexibility index (Phi) is 9.28. The van der Waals surface area contributed by atoms with Crippen LogP contribution in [0, 0.1) is 34.0 Å². The lowest BCUT2D eigenvalue weighted by atomic mass is 9.87. The second-order valence-electron chi connectivity index (χ2n) is 11.9. The molecule has 4 aromatic rings. The molecule has 6 rings (SSSR count). The molecule has 2 fully saturated rings. The molecule has 0 unspecified atom stereocenters. The largest absolute Gasteiger partial charge is 0.351 e. The summed E-state index contributed by atoms with van der Waals surface area (Å²) in [5.41, 5.74) is 1.45. The number of nitrogens with zero attached hydrogens (tertiary/aromatic N) is 6. The normalized spacial score (nSPS) is 17.1. The van der Waals surface area contributed by atoms with Gasteiger partial charge in [-0.25, -0.2) is 13.8 Å². The van der Waals surface area contributed by atoms with E-state index in [1.807, 2.05) is 6.07 Å². The first-order valence-corrected chi connectivity index (χ1v) is 15.9. The smallest absolute Gasteiger partial charge is 0.252 e. The van der Waals surface area contributed by atoms with Crippen LogP contribution >= 0.6 is 11.6 Å². The Morgan fingerprint density at radius 3 is 2.38 bits per heavy atom. The van der Waals surface area contributed by atoms with Crippen molar-refractivity contribution in [3.05, 3.63) is 112 Å². The van der Waals surface area contributed by atoms with Gasteiger partial charge in [0.1, 0.15) is 24.0 Å². The molecule has 2 heterocycles. The first-order valence-electron chi connectivity index (χ1n) is 15.5. The Hall–Kier alpha value is -6.16. The van der Waals surface area contributed by atoms with Gasteiger partial charge in [0.15, 0.2) is 0 Å². The maximum absolute atomic E-state index is 15.1. The average molecular weight is 690 g/mol. The fourth-order valence-electron chi connectivity index (χ4n) is 6.36. The first kappa shape index (κ1) is 33.7. The Morgan fingerprint density at radius 2 is 1.68 bits per heavy atom. The average Bonchev–Trinajstić information content (AvgIpc) is 3.50. The molecule has 1 saturated heterocycles. The quantitative estimate of drug-likeness (QED) is 0.231. The van der Waals surface area contributed by atoms with Gasteiger partial charge in [-0.3, -0.25) is 24.2 Å². The van der Waals surface area contributed by atoms with Crippen LogP contribution in [0.3, 0.4) is 0 Å². The van der Waals surface area contributed by atoms with Gasteiger partial charge in [-0.1, -0.05) is 54.1 Å². The topological polar surface area (TPSA) is 154 Å². The van der Waals surface area contributed by atoms with E-state index in [9.17, 15) is 34.2 Å². The summed E-state index contributed by atoms with van der Waals surface area (Å²) in [6.07, 6.45) is 0.0860. The van der Waals surface area contributed by atoms with Crippen LogP contribution in [0.4, 0.5) is 20.3 Å². The van der Waals surface area contributed by atoms with Crippen molar-refractivity contribution in [2.24, 2.45) is 0 Å². The van der Waals surface area contributed by atoms with Crippen molar-refractivity contribution in [2.45, 2.75) is 49.7 Å². The van der Waals surface area contributed by atoms with E-state index < -0.39 is 54.6 Å². The Balaban J connectivity index is 1.56. The fourth-order valence-corrected chi connectivity index (χ4v) is 6.60. The Bertz CT molecular complexity index is 2150. The molecule has 0 radical (unpaired) electrons. The molecule has 0 spiro atoms. The molecule has 248 valence electrons. The SMILES string of the molecule is N#Cc1cccc(-c2cccc(N(C(=O)[C@@H]3CCC(=O)N3c3cc(C#N)ccn3)[C@H](C(=O)NC3CC(F)(F)C3)c3ccccc3Cl)c2C#N)c1. The molecule has 3 amide bonds. The van der Waals surface area contributed by atoms with Crippen LogP contribution < -0.4 is 15.1 Å². The van der Waals surface area contributed by atoms with Crippen molar-refractivity contribution in [2.75, 3.05) is 9.80 Å². The lowest BCUT2D eigenvalue weighted by Gasteiger charge is -2.39.